The maximum absolute atomic E-state index is 12.9. The minimum atomic E-state index is -0.663. The van der Waals surface area contributed by atoms with E-state index >= 15 is 0 Å². The minimum absolute atomic E-state index is 0.0771. The molecule has 0 saturated heterocycles. The van der Waals surface area contributed by atoms with E-state index in [0.29, 0.717) is 17.7 Å². The SMILES string of the molecule is CCN(CC)CCCNc1nc(NC(=O)c2ccc3c(c2)C(=O)c2ccccc2C3=O)[nH]c(=O)n1. The molecule has 0 unspecified atom stereocenters. The number of carbonyl (C=O) groups is 3. The van der Waals surface area contributed by atoms with Gasteiger partial charge in [0.25, 0.3) is 5.91 Å². The molecule has 0 spiro atoms. The van der Waals surface area contributed by atoms with E-state index in [1.54, 1.807) is 24.3 Å². The number of amides is 1. The summed E-state index contributed by atoms with van der Waals surface area (Å²) >= 11 is 0. The largest absolute Gasteiger partial charge is 0.354 e. The topological polar surface area (TPSA) is 137 Å². The number of hydrogen-bond acceptors (Lipinski definition) is 8. The summed E-state index contributed by atoms with van der Waals surface area (Å²) in [4.78, 5) is 63.1. The quantitative estimate of drug-likeness (QED) is 0.314. The number of aromatic amines is 1. The molecule has 2 aromatic carbocycles. The van der Waals surface area contributed by atoms with Crippen molar-refractivity contribution in [3.05, 3.63) is 80.8 Å². The first-order valence-electron chi connectivity index (χ1n) is 11.5. The molecule has 0 saturated carbocycles. The van der Waals surface area contributed by atoms with Crippen LogP contribution in [0.1, 0.15) is 62.5 Å². The van der Waals surface area contributed by atoms with Crippen molar-refractivity contribution in [2.24, 2.45) is 0 Å². The monoisotopic (exact) mass is 474 g/mol. The Labute approximate surface area is 201 Å². The van der Waals surface area contributed by atoms with E-state index in [-0.39, 0.29) is 40.2 Å². The van der Waals surface area contributed by atoms with Crippen LogP contribution in [0.4, 0.5) is 11.9 Å². The van der Waals surface area contributed by atoms with Crippen molar-refractivity contribution >= 4 is 29.4 Å². The van der Waals surface area contributed by atoms with Gasteiger partial charge in [0.05, 0.1) is 0 Å². The first kappa shape index (κ1) is 24.0. The summed E-state index contributed by atoms with van der Waals surface area (Å²) in [6.45, 7) is 7.58. The summed E-state index contributed by atoms with van der Waals surface area (Å²) in [7, 11) is 0. The number of nitrogens with zero attached hydrogens (tertiary/aromatic N) is 3. The lowest BCUT2D eigenvalue weighted by molar-refractivity contribution is 0.0978. The number of fused-ring (bicyclic) bond motifs is 2. The Morgan fingerprint density at radius 3 is 2.26 bits per heavy atom. The molecule has 3 aromatic rings. The number of aromatic nitrogens is 3. The van der Waals surface area contributed by atoms with Crippen LogP contribution in [0, 0.1) is 0 Å². The van der Waals surface area contributed by atoms with Gasteiger partial charge in [-0.15, -0.1) is 0 Å². The second-order valence-corrected chi connectivity index (χ2v) is 8.05. The van der Waals surface area contributed by atoms with Crippen LogP contribution >= 0.6 is 0 Å². The van der Waals surface area contributed by atoms with Crippen molar-refractivity contribution in [1.29, 1.82) is 0 Å². The first-order chi connectivity index (χ1) is 16.9. The Balaban J connectivity index is 1.47. The van der Waals surface area contributed by atoms with E-state index in [1.807, 2.05) is 0 Å². The zero-order valence-corrected chi connectivity index (χ0v) is 19.6. The van der Waals surface area contributed by atoms with Crippen LogP contribution in [0.25, 0.3) is 0 Å². The molecule has 10 heteroatoms. The van der Waals surface area contributed by atoms with Crippen LogP contribution in [0.3, 0.4) is 0 Å². The fraction of sp³-hybridized carbons (Fsp3) is 0.280. The highest BCUT2D eigenvalue weighted by molar-refractivity contribution is 6.28. The van der Waals surface area contributed by atoms with Gasteiger partial charge in [0.15, 0.2) is 11.6 Å². The highest BCUT2D eigenvalue weighted by atomic mass is 16.2. The van der Waals surface area contributed by atoms with Gasteiger partial charge in [0.1, 0.15) is 0 Å². The minimum Gasteiger partial charge on any atom is -0.354 e. The molecular weight excluding hydrogens is 448 g/mol. The maximum atomic E-state index is 12.9. The molecule has 3 N–H and O–H groups in total. The molecule has 35 heavy (non-hydrogen) atoms. The van der Waals surface area contributed by atoms with Gasteiger partial charge in [-0.1, -0.05) is 38.1 Å². The van der Waals surface area contributed by atoms with Crippen molar-refractivity contribution in [2.75, 3.05) is 36.8 Å². The van der Waals surface area contributed by atoms with Crippen LogP contribution in [0.2, 0.25) is 0 Å². The van der Waals surface area contributed by atoms with E-state index in [1.165, 1.54) is 18.2 Å². The Hall–Kier alpha value is -4.18. The number of H-pyrrole nitrogens is 1. The Bertz CT molecular complexity index is 1350. The maximum Gasteiger partial charge on any atom is 0.351 e. The van der Waals surface area contributed by atoms with Gasteiger partial charge in [0, 0.05) is 34.4 Å². The molecule has 0 aliphatic heterocycles. The number of hydrogen-bond donors (Lipinski definition) is 3. The van der Waals surface area contributed by atoms with E-state index in [9.17, 15) is 19.2 Å². The molecule has 0 atom stereocenters. The molecule has 0 radical (unpaired) electrons. The predicted octanol–water partition coefficient (Wildman–Crippen LogP) is 2.34. The van der Waals surface area contributed by atoms with Gasteiger partial charge in [-0.3, -0.25) is 24.7 Å². The summed E-state index contributed by atoms with van der Waals surface area (Å²) in [6, 6.07) is 10.9. The molecule has 1 aliphatic carbocycles. The Morgan fingerprint density at radius 1 is 0.914 bits per heavy atom. The second kappa shape index (κ2) is 10.4. The molecule has 180 valence electrons. The lowest BCUT2D eigenvalue weighted by Gasteiger charge is -2.18. The third-order valence-electron chi connectivity index (χ3n) is 5.90. The third-order valence-corrected chi connectivity index (χ3v) is 5.90. The summed E-state index contributed by atoms with van der Waals surface area (Å²) < 4.78 is 0. The van der Waals surface area contributed by atoms with E-state index in [4.69, 9.17) is 0 Å². The van der Waals surface area contributed by atoms with Crippen LogP contribution in [0.5, 0.6) is 0 Å². The van der Waals surface area contributed by atoms with Gasteiger partial charge in [-0.25, -0.2) is 4.79 Å². The van der Waals surface area contributed by atoms with E-state index in [0.717, 1.165) is 26.1 Å². The van der Waals surface area contributed by atoms with Crippen molar-refractivity contribution in [3.63, 3.8) is 0 Å². The summed E-state index contributed by atoms with van der Waals surface area (Å²) in [6.07, 6.45) is 0.838. The molecular formula is C25H26N6O4. The van der Waals surface area contributed by atoms with E-state index in [2.05, 4.69) is 44.3 Å². The number of rotatable bonds is 9. The molecule has 1 aromatic heterocycles. The normalized spacial score (nSPS) is 12.3. The molecule has 1 aliphatic rings. The zero-order chi connectivity index (χ0) is 24.9. The number of ketones is 2. The lowest BCUT2D eigenvalue weighted by atomic mass is 9.83. The Morgan fingerprint density at radius 2 is 1.57 bits per heavy atom. The second-order valence-electron chi connectivity index (χ2n) is 8.05. The van der Waals surface area contributed by atoms with Gasteiger partial charge in [0.2, 0.25) is 11.9 Å². The average molecular weight is 475 g/mol. The standard InChI is InChI=1S/C25H26N6O4/c1-3-31(4-2)13-7-12-26-23-28-24(30-25(35)29-23)27-22(34)15-10-11-18-19(14-15)21(33)17-9-6-5-8-16(17)20(18)32/h5-6,8-11,14H,3-4,7,12-13H2,1-2H3,(H3,26,27,28,29,30,34,35). The fourth-order valence-electron chi connectivity index (χ4n) is 3.99. The van der Waals surface area contributed by atoms with Crippen molar-refractivity contribution in [3.8, 4) is 0 Å². The van der Waals surface area contributed by atoms with Crippen molar-refractivity contribution < 1.29 is 14.4 Å². The van der Waals surface area contributed by atoms with Crippen LogP contribution < -0.4 is 16.3 Å². The van der Waals surface area contributed by atoms with Crippen LogP contribution in [-0.2, 0) is 0 Å². The van der Waals surface area contributed by atoms with Crippen LogP contribution in [-0.4, -0.2) is 63.5 Å². The Kier molecular flexibility index (Phi) is 7.11. The summed E-state index contributed by atoms with van der Waals surface area (Å²) in [5, 5.41) is 5.53. The molecule has 4 rings (SSSR count). The van der Waals surface area contributed by atoms with Crippen LogP contribution in [0.15, 0.2) is 47.3 Å². The third kappa shape index (κ3) is 5.17. The average Bonchev–Trinajstić information content (AvgIpc) is 2.86. The number of nitrogens with one attached hydrogen (secondary N) is 3. The first-order valence-corrected chi connectivity index (χ1v) is 11.5. The van der Waals surface area contributed by atoms with Crippen molar-refractivity contribution in [1.82, 2.24) is 19.9 Å². The highest BCUT2D eigenvalue weighted by Gasteiger charge is 2.30. The fourth-order valence-corrected chi connectivity index (χ4v) is 3.99. The highest BCUT2D eigenvalue weighted by Crippen LogP contribution is 2.28. The molecule has 1 heterocycles. The van der Waals surface area contributed by atoms with Gasteiger partial charge < -0.3 is 10.2 Å². The molecule has 0 bridgehead atoms. The van der Waals surface area contributed by atoms with E-state index < -0.39 is 11.6 Å². The lowest BCUT2D eigenvalue weighted by Crippen LogP contribution is -2.26. The summed E-state index contributed by atoms with van der Waals surface area (Å²) in [5.74, 6) is -1.15. The predicted molar refractivity (Wildman–Crippen MR) is 131 cm³/mol. The number of anilines is 2. The molecule has 1 amide bonds. The number of benzene rings is 2. The van der Waals surface area contributed by atoms with Gasteiger partial charge in [-0.2, -0.15) is 9.97 Å². The molecule has 0 fully saturated rings. The zero-order valence-electron chi connectivity index (χ0n) is 19.6. The van der Waals surface area contributed by atoms with Crippen molar-refractivity contribution in [2.45, 2.75) is 20.3 Å². The number of carbonyl (C=O) groups excluding carboxylic acids is 3. The van der Waals surface area contributed by atoms with Gasteiger partial charge in [-0.05, 0) is 44.3 Å². The van der Waals surface area contributed by atoms with Gasteiger partial charge >= 0.3 is 5.69 Å². The smallest absolute Gasteiger partial charge is 0.351 e. The molecule has 10 nitrogen and oxygen atoms in total. The summed E-state index contributed by atoms with van der Waals surface area (Å²) in [5.41, 5.74) is 0.545.